The molecule has 154 valence electrons. The van der Waals surface area contributed by atoms with Gasteiger partial charge in [0.05, 0.1) is 0 Å². The highest BCUT2D eigenvalue weighted by molar-refractivity contribution is 5.85. The minimum absolute atomic E-state index is 0.248. The van der Waals surface area contributed by atoms with Crippen molar-refractivity contribution in [3.8, 4) is 23.0 Å². The Morgan fingerprint density at radius 1 is 0.903 bits per heavy atom. The first kappa shape index (κ1) is 19.1. The van der Waals surface area contributed by atoms with Crippen molar-refractivity contribution in [2.75, 3.05) is 0 Å². The number of ether oxygens (including phenoxy) is 2. The zero-order chi connectivity index (χ0) is 21.4. The summed E-state index contributed by atoms with van der Waals surface area (Å²) in [7, 11) is 0. The molecular formula is C25H20N2O4. The molecule has 0 fully saturated rings. The van der Waals surface area contributed by atoms with Gasteiger partial charge in [-0.15, -0.1) is 10.2 Å². The number of carbonyl (C=O) groups is 1. The number of para-hydroxylation sites is 2. The monoisotopic (exact) mass is 412 g/mol. The molecule has 2 heterocycles. The van der Waals surface area contributed by atoms with Crippen LogP contribution in [-0.2, 0) is 9.53 Å². The minimum Gasteiger partial charge on any atom is -0.457 e. The highest BCUT2D eigenvalue weighted by Crippen LogP contribution is 2.44. The molecule has 4 aromatic rings. The number of fused-ring (bicyclic) bond motifs is 2. The van der Waals surface area contributed by atoms with Gasteiger partial charge in [0.25, 0.3) is 5.89 Å². The molecule has 1 aliphatic heterocycles. The first-order valence-corrected chi connectivity index (χ1v) is 10.1. The van der Waals surface area contributed by atoms with Crippen molar-refractivity contribution in [1.29, 1.82) is 0 Å². The van der Waals surface area contributed by atoms with Crippen molar-refractivity contribution >= 4 is 5.97 Å². The summed E-state index contributed by atoms with van der Waals surface area (Å²) < 4.78 is 17.5. The summed E-state index contributed by atoms with van der Waals surface area (Å²) >= 11 is 0. The average molecular weight is 412 g/mol. The molecule has 31 heavy (non-hydrogen) atoms. The summed E-state index contributed by atoms with van der Waals surface area (Å²) in [5.41, 5.74) is 3.49. The van der Waals surface area contributed by atoms with Crippen molar-refractivity contribution in [3.63, 3.8) is 0 Å². The second-order valence-electron chi connectivity index (χ2n) is 7.50. The number of hydrogen-bond acceptors (Lipinski definition) is 6. The smallest absolute Gasteiger partial charge is 0.318 e. The van der Waals surface area contributed by atoms with Crippen LogP contribution in [0.5, 0.6) is 11.5 Å². The number of benzene rings is 3. The predicted molar refractivity (Wildman–Crippen MR) is 114 cm³/mol. The van der Waals surface area contributed by atoms with Gasteiger partial charge in [0.15, 0.2) is 6.10 Å². The van der Waals surface area contributed by atoms with Gasteiger partial charge < -0.3 is 13.9 Å². The maximum Gasteiger partial charge on any atom is 0.318 e. The molecule has 0 unspecified atom stereocenters. The van der Waals surface area contributed by atoms with Crippen LogP contribution in [-0.4, -0.2) is 16.2 Å². The van der Waals surface area contributed by atoms with E-state index in [1.54, 1.807) is 6.92 Å². The lowest BCUT2D eigenvalue weighted by Crippen LogP contribution is -2.22. The lowest BCUT2D eigenvalue weighted by Gasteiger charge is -2.27. The molecule has 0 N–H and O–H groups in total. The second-order valence-corrected chi connectivity index (χ2v) is 7.50. The fraction of sp³-hybridized carbons (Fsp3) is 0.160. The number of hydrogen-bond donors (Lipinski definition) is 0. The van der Waals surface area contributed by atoms with Crippen molar-refractivity contribution in [3.05, 3.63) is 95.4 Å². The van der Waals surface area contributed by atoms with E-state index in [0.29, 0.717) is 17.4 Å². The molecular weight excluding hydrogens is 392 g/mol. The zero-order valence-electron chi connectivity index (χ0n) is 17.1. The van der Waals surface area contributed by atoms with Crippen molar-refractivity contribution in [2.45, 2.75) is 25.9 Å². The van der Waals surface area contributed by atoms with Gasteiger partial charge in [0.2, 0.25) is 5.89 Å². The van der Waals surface area contributed by atoms with Crippen LogP contribution in [0.25, 0.3) is 11.5 Å². The maximum atomic E-state index is 13.3. The van der Waals surface area contributed by atoms with E-state index in [0.717, 1.165) is 22.3 Å². The van der Waals surface area contributed by atoms with E-state index in [2.05, 4.69) is 10.2 Å². The van der Waals surface area contributed by atoms with E-state index >= 15 is 0 Å². The molecule has 0 saturated carbocycles. The fourth-order valence-electron chi connectivity index (χ4n) is 3.67. The Labute approximate surface area is 179 Å². The third-order valence-corrected chi connectivity index (χ3v) is 5.30. The van der Waals surface area contributed by atoms with Crippen LogP contribution in [0.3, 0.4) is 0 Å². The number of aromatic nitrogens is 2. The van der Waals surface area contributed by atoms with Gasteiger partial charge in [-0.3, -0.25) is 4.79 Å². The summed E-state index contributed by atoms with van der Waals surface area (Å²) in [6, 6.07) is 22.8. The Bertz CT molecular complexity index is 1200. The summed E-state index contributed by atoms with van der Waals surface area (Å²) in [6.07, 6.45) is -0.693. The van der Waals surface area contributed by atoms with E-state index in [9.17, 15) is 4.79 Å². The standard InChI is InChI=1S/C25H20N2O4/c1-15-11-13-17(14-12-15)24-27-26-23(31-24)16(2)29-25(28)22-18-7-3-5-9-20(18)30-21-10-6-4-8-19(21)22/h3-14,16,22H,1-2H3/t16-/m1/s1. The molecule has 0 aliphatic carbocycles. The van der Waals surface area contributed by atoms with Crippen molar-refractivity contribution < 1.29 is 18.7 Å². The Morgan fingerprint density at radius 3 is 2.16 bits per heavy atom. The zero-order valence-corrected chi connectivity index (χ0v) is 17.1. The summed E-state index contributed by atoms with van der Waals surface area (Å²) in [5.74, 6) is 0.941. The number of carbonyl (C=O) groups excluding carboxylic acids is 1. The number of esters is 1. The average Bonchev–Trinajstić information content (AvgIpc) is 3.28. The maximum absolute atomic E-state index is 13.3. The molecule has 1 aromatic heterocycles. The topological polar surface area (TPSA) is 74.5 Å². The van der Waals surface area contributed by atoms with Gasteiger partial charge in [-0.1, -0.05) is 54.1 Å². The van der Waals surface area contributed by atoms with Crippen LogP contribution in [0.2, 0.25) is 0 Å². The van der Waals surface area contributed by atoms with E-state index < -0.39 is 18.0 Å². The van der Waals surface area contributed by atoms with Crippen molar-refractivity contribution in [1.82, 2.24) is 10.2 Å². The summed E-state index contributed by atoms with van der Waals surface area (Å²) in [4.78, 5) is 13.3. The van der Waals surface area contributed by atoms with Crippen molar-refractivity contribution in [2.24, 2.45) is 0 Å². The third-order valence-electron chi connectivity index (χ3n) is 5.30. The van der Waals surface area contributed by atoms with E-state index in [1.165, 1.54) is 0 Å². The lowest BCUT2D eigenvalue weighted by atomic mass is 9.88. The Balaban J connectivity index is 1.40. The Hall–Kier alpha value is -3.93. The molecule has 6 nitrogen and oxygen atoms in total. The van der Waals surface area contributed by atoms with Gasteiger partial charge in [-0.25, -0.2) is 0 Å². The van der Waals surface area contributed by atoms with Crippen LogP contribution in [0.4, 0.5) is 0 Å². The van der Waals surface area contributed by atoms with Gasteiger partial charge in [0.1, 0.15) is 17.4 Å². The molecule has 1 atom stereocenters. The fourth-order valence-corrected chi connectivity index (χ4v) is 3.67. The molecule has 6 heteroatoms. The van der Waals surface area contributed by atoms with Gasteiger partial charge >= 0.3 is 5.97 Å². The van der Waals surface area contributed by atoms with E-state index in [1.807, 2.05) is 79.7 Å². The second kappa shape index (κ2) is 7.72. The quantitative estimate of drug-likeness (QED) is 0.407. The van der Waals surface area contributed by atoms with Crippen LogP contribution in [0.1, 0.15) is 41.5 Å². The van der Waals surface area contributed by atoms with Gasteiger partial charge in [-0.2, -0.15) is 0 Å². The van der Waals surface area contributed by atoms with E-state index in [-0.39, 0.29) is 5.89 Å². The normalized spacial score (nSPS) is 13.6. The van der Waals surface area contributed by atoms with Crippen LogP contribution in [0, 0.1) is 6.92 Å². The molecule has 0 saturated heterocycles. The third kappa shape index (κ3) is 3.57. The lowest BCUT2D eigenvalue weighted by molar-refractivity contribution is -0.150. The molecule has 3 aromatic carbocycles. The van der Waals surface area contributed by atoms with Crippen LogP contribution < -0.4 is 4.74 Å². The molecule has 0 spiro atoms. The largest absolute Gasteiger partial charge is 0.457 e. The Morgan fingerprint density at radius 2 is 1.52 bits per heavy atom. The molecule has 1 aliphatic rings. The highest BCUT2D eigenvalue weighted by Gasteiger charge is 2.35. The highest BCUT2D eigenvalue weighted by atomic mass is 16.6. The Kier molecular flexibility index (Phi) is 4.75. The van der Waals surface area contributed by atoms with Crippen LogP contribution >= 0.6 is 0 Å². The van der Waals surface area contributed by atoms with Gasteiger partial charge in [-0.05, 0) is 38.1 Å². The first-order valence-electron chi connectivity index (χ1n) is 10.1. The number of rotatable bonds is 4. The molecule has 0 bridgehead atoms. The number of nitrogens with zero attached hydrogens (tertiary/aromatic N) is 2. The van der Waals surface area contributed by atoms with E-state index in [4.69, 9.17) is 13.9 Å². The SMILES string of the molecule is Cc1ccc(-c2nnc([C@@H](C)OC(=O)C3c4ccccc4Oc4ccccc43)o2)cc1. The minimum atomic E-state index is -0.693. The molecule has 0 radical (unpaired) electrons. The first-order chi connectivity index (χ1) is 15.1. The van der Waals surface area contributed by atoms with Gasteiger partial charge in [0, 0.05) is 16.7 Å². The van der Waals surface area contributed by atoms with Crippen LogP contribution in [0.15, 0.2) is 77.2 Å². The summed E-state index contributed by atoms with van der Waals surface area (Å²) in [6.45, 7) is 3.73. The number of aryl methyl sites for hydroxylation is 1. The predicted octanol–water partition coefficient (Wildman–Crippen LogP) is 5.59. The molecule has 5 rings (SSSR count). The summed E-state index contributed by atoms with van der Waals surface area (Å²) in [5, 5.41) is 8.18. The molecule has 0 amide bonds.